The summed E-state index contributed by atoms with van der Waals surface area (Å²) >= 11 is 0. The Kier molecular flexibility index (Phi) is 132. The van der Waals surface area contributed by atoms with Crippen molar-refractivity contribution in [2.24, 2.45) is 0 Å². The van der Waals surface area contributed by atoms with Gasteiger partial charge < -0.3 is 16.0 Å². The van der Waals surface area contributed by atoms with Gasteiger partial charge in [-0.3, -0.25) is 0 Å². The highest BCUT2D eigenvalue weighted by Gasteiger charge is 1.26. The standard InChI is InChI=1S/3C2H7N.P/c3*1-3-2;/h3*3H,1-2H3;. The Labute approximate surface area is 69.0 Å². The van der Waals surface area contributed by atoms with Crippen LogP contribution in [0.15, 0.2) is 0 Å². The van der Waals surface area contributed by atoms with Crippen LogP contribution in [0.1, 0.15) is 0 Å². The van der Waals surface area contributed by atoms with Crippen molar-refractivity contribution in [3.8, 4) is 0 Å². The zero-order valence-electron chi connectivity index (χ0n) is 7.95. The van der Waals surface area contributed by atoms with Crippen molar-refractivity contribution in [3.63, 3.8) is 0 Å². The Morgan fingerprint density at radius 1 is 0.500 bits per heavy atom. The third kappa shape index (κ3) is 4620. The van der Waals surface area contributed by atoms with Crippen LogP contribution in [-0.4, -0.2) is 42.3 Å². The minimum Gasteiger partial charge on any atom is -0.323 e. The van der Waals surface area contributed by atoms with Crippen molar-refractivity contribution in [2.75, 3.05) is 42.3 Å². The van der Waals surface area contributed by atoms with Crippen LogP contribution in [0, 0.1) is 0 Å². The quantitative estimate of drug-likeness (QED) is 0.455. The molecule has 3 N–H and O–H groups in total. The van der Waals surface area contributed by atoms with E-state index < -0.39 is 0 Å². The van der Waals surface area contributed by atoms with E-state index in [4.69, 9.17) is 0 Å². The molecule has 0 unspecified atom stereocenters. The van der Waals surface area contributed by atoms with Gasteiger partial charge in [0.05, 0.1) is 0 Å². The molecular weight excluding hydrogens is 145 g/mol. The molecule has 0 aromatic carbocycles. The summed E-state index contributed by atoms with van der Waals surface area (Å²) < 4.78 is 0. The third-order valence-corrected chi connectivity index (χ3v) is 0. The fraction of sp³-hybridized carbons (Fsp3) is 1.00. The SMILES string of the molecule is CNC.CNC.CNC.[P]. The van der Waals surface area contributed by atoms with Gasteiger partial charge in [0.1, 0.15) is 0 Å². The largest absolute Gasteiger partial charge is 0.323 e. The van der Waals surface area contributed by atoms with Gasteiger partial charge in [0.2, 0.25) is 0 Å². The molecule has 0 aromatic heterocycles. The molecule has 0 bridgehead atoms. The van der Waals surface area contributed by atoms with E-state index in [-0.39, 0.29) is 9.90 Å². The predicted octanol–water partition coefficient (Wildman–Crippen LogP) is 0.368. The summed E-state index contributed by atoms with van der Waals surface area (Å²) in [5.74, 6) is 0. The molecule has 0 atom stereocenters. The number of nitrogens with one attached hydrogen (secondary N) is 3. The maximum atomic E-state index is 2.75. The van der Waals surface area contributed by atoms with E-state index in [9.17, 15) is 0 Å². The van der Waals surface area contributed by atoms with E-state index in [0.717, 1.165) is 0 Å². The van der Waals surface area contributed by atoms with Gasteiger partial charge >= 0.3 is 0 Å². The Morgan fingerprint density at radius 2 is 0.500 bits per heavy atom. The van der Waals surface area contributed by atoms with Crippen LogP contribution < -0.4 is 16.0 Å². The lowest BCUT2D eigenvalue weighted by atomic mass is 11.3. The van der Waals surface area contributed by atoms with Crippen molar-refractivity contribution < 1.29 is 0 Å². The Morgan fingerprint density at radius 3 is 0.500 bits per heavy atom. The second-order valence-corrected chi connectivity index (χ2v) is 1.50. The second kappa shape index (κ2) is 58.7. The smallest absolute Gasteiger partial charge is 0 e. The van der Waals surface area contributed by atoms with Crippen LogP contribution in [-0.2, 0) is 0 Å². The van der Waals surface area contributed by atoms with Gasteiger partial charge in [0.15, 0.2) is 0 Å². The molecule has 3 nitrogen and oxygen atoms in total. The number of rotatable bonds is 0. The van der Waals surface area contributed by atoms with Gasteiger partial charge in [-0.15, -0.1) is 0 Å². The maximum absolute atomic E-state index is 2.75. The number of hydrogen-bond donors (Lipinski definition) is 3. The molecule has 0 aliphatic rings. The van der Waals surface area contributed by atoms with Gasteiger partial charge in [0, 0.05) is 9.90 Å². The first-order valence-electron chi connectivity index (χ1n) is 3.00. The molecule has 3 radical (unpaired) electrons. The average molecular weight is 166 g/mol. The van der Waals surface area contributed by atoms with Crippen LogP contribution in [0.25, 0.3) is 0 Å². The molecule has 0 heterocycles. The highest BCUT2D eigenvalue weighted by molar-refractivity contribution is 6.92. The Bertz CT molecular complexity index is 17.7. The summed E-state index contributed by atoms with van der Waals surface area (Å²) in [5.41, 5.74) is 0. The summed E-state index contributed by atoms with van der Waals surface area (Å²) in [4.78, 5) is 0. The van der Waals surface area contributed by atoms with E-state index in [2.05, 4.69) is 16.0 Å². The van der Waals surface area contributed by atoms with E-state index >= 15 is 0 Å². The lowest BCUT2D eigenvalue weighted by molar-refractivity contribution is 1.02. The fourth-order valence-corrected chi connectivity index (χ4v) is 0. The normalized spacial score (nSPS) is 5.40. The van der Waals surface area contributed by atoms with Gasteiger partial charge in [-0.05, 0) is 42.3 Å². The van der Waals surface area contributed by atoms with Crippen LogP contribution >= 0.6 is 9.90 Å². The van der Waals surface area contributed by atoms with Crippen molar-refractivity contribution in [1.29, 1.82) is 0 Å². The molecule has 0 rings (SSSR count). The van der Waals surface area contributed by atoms with Crippen LogP contribution in [0.4, 0.5) is 0 Å². The van der Waals surface area contributed by atoms with Gasteiger partial charge in [-0.2, -0.15) is 0 Å². The van der Waals surface area contributed by atoms with E-state index in [0.29, 0.717) is 0 Å². The molecule has 0 saturated carbocycles. The molecule has 0 aliphatic heterocycles. The van der Waals surface area contributed by atoms with Crippen LogP contribution in [0.3, 0.4) is 0 Å². The first-order chi connectivity index (χ1) is 4.24. The van der Waals surface area contributed by atoms with Crippen molar-refractivity contribution in [3.05, 3.63) is 0 Å². The summed E-state index contributed by atoms with van der Waals surface area (Å²) in [5, 5.41) is 8.25. The van der Waals surface area contributed by atoms with E-state index in [1.54, 1.807) is 0 Å². The summed E-state index contributed by atoms with van der Waals surface area (Å²) in [6, 6.07) is 0. The molecular formula is C6H21N3P. The molecule has 0 aromatic rings. The molecule has 0 saturated heterocycles. The Balaban J connectivity index is -0.0000000257. The molecule has 0 amide bonds. The summed E-state index contributed by atoms with van der Waals surface area (Å²) in [6.07, 6.45) is 0. The summed E-state index contributed by atoms with van der Waals surface area (Å²) in [7, 11) is 11.2. The molecule has 0 fully saturated rings. The average Bonchev–Trinajstić information content (AvgIpc) is 1.70. The zero-order chi connectivity index (χ0) is 8.12. The first kappa shape index (κ1) is 22.4. The number of hydrogen-bond acceptors (Lipinski definition) is 3. The van der Waals surface area contributed by atoms with Crippen molar-refractivity contribution in [2.45, 2.75) is 0 Å². The monoisotopic (exact) mass is 166 g/mol. The second-order valence-electron chi connectivity index (χ2n) is 1.50. The molecule has 10 heavy (non-hydrogen) atoms. The van der Waals surface area contributed by atoms with Crippen LogP contribution in [0.5, 0.6) is 0 Å². The third-order valence-electron chi connectivity index (χ3n) is 0. The van der Waals surface area contributed by atoms with Gasteiger partial charge in [-0.25, -0.2) is 0 Å². The molecule has 0 aliphatic carbocycles. The summed E-state index contributed by atoms with van der Waals surface area (Å²) in [6.45, 7) is 0. The topological polar surface area (TPSA) is 36.1 Å². The Hall–Kier alpha value is 0.310. The predicted molar refractivity (Wildman–Crippen MR) is 51.9 cm³/mol. The lowest BCUT2D eigenvalue weighted by Crippen LogP contribution is -1.89. The minimum atomic E-state index is 0. The van der Waals surface area contributed by atoms with Crippen molar-refractivity contribution >= 4 is 9.90 Å². The molecule has 4 heteroatoms. The fourth-order valence-electron chi connectivity index (χ4n) is 0. The zero-order valence-corrected chi connectivity index (χ0v) is 8.84. The van der Waals surface area contributed by atoms with Gasteiger partial charge in [0.25, 0.3) is 0 Å². The maximum Gasteiger partial charge on any atom is 0 e. The highest BCUT2D eigenvalue weighted by Crippen LogP contribution is 0.987. The molecule has 0 spiro atoms. The van der Waals surface area contributed by atoms with Crippen molar-refractivity contribution in [1.82, 2.24) is 16.0 Å². The minimum absolute atomic E-state index is 0. The highest BCUT2D eigenvalue weighted by atomic mass is 31.0. The lowest BCUT2D eigenvalue weighted by Gasteiger charge is -1.59. The molecule has 65 valence electrons. The van der Waals surface area contributed by atoms with Crippen LogP contribution in [0.2, 0.25) is 0 Å². The first-order valence-corrected chi connectivity index (χ1v) is 3.00. The van der Waals surface area contributed by atoms with Gasteiger partial charge in [-0.1, -0.05) is 0 Å². The van der Waals surface area contributed by atoms with E-state index in [1.807, 2.05) is 42.3 Å². The van der Waals surface area contributed by atoms with E-state index in [1.165, 1.54) is 0 Å².